The van der Waals surface area contributed by atoms with Crippen LogP contribution in [0.3, 0.4) is 0 Å². The van der Waals surface area contributed by atoms with Crippen LogP contribution >= 0.6 is 27.5 Å². The zero-order valence-electron chi connectivity index (χ0n) is 9.91. The van der Waals surface area contributed by atoms with Gasteiger partial charge in [0.05, 0.1) is 16.6 Å². The molecule has 5 heteroatoms. The van der Waals surface area contributed by atoms with Crippen LogP contribution < -0.4 is 4.74 Å². The molecule has 2 aromatic rings. The summed E-state index contributed by atoms with van der Waals surface area (Å²) in [4.78, 5) is 12.2. The van der Waals surface area contributed by atoms with Gasteiger partial charge in [0, 0.05) is 11.1 Å². The Bertz CT molecular complexity index is 643. The molecule has 0 bridgehead atoms. The SMILES string of the molecule is COc1ccc(C(=O)c2ccc(Br)c(F)c2)c(Cl)c1. The molecule has 0 aliphatic heterocycles. The van der Waals surface area contributed by atoms with E-state index in [0.29, 0.717) is 15.8 Å². The summed E-state index contributed by atoms with van der Waals surface area (Å²) in [6.07, 6.45) is 0. The van der Waals surface area contributed by atoms with Gasteiger partial charge in [0.15, 0.2) is 5.78 Å². The molecular formula is C14H9BrClFO2. The molecule has 0 atom stereocenters. The fraction of sp³-hybridized carbons (Fsp3) is 0.0714. The van der Waals surface area contributed by atoms with Gasteiger partial charge in [0.25, 0.3) is 0 Å². The number of hydrogen-bond acceptors (Lipinski definition) is 2. The lowest BCUT2D eigenvalue weighted by molar-refractivity contribution is 0.103. The van der Waals surface area contributed by atoms with Crippen molar-refractivity contribution in [2.24, 2.45) is 0 Å². The van der Waals surface area contributed by atoms with Crippen LogP contribution in [0, 0.1) is 5.82 Å². The summed E-state index contributed by atoms with van der Waals surface area (Å²) in [5, 5.41) is 0.271. The first-order valence-electron chi connectivity index (χ1n) is 5.36. The van der Waals surface area contributed by atoms with Gasteiger partial charge in [0.2, 0.25) is 0 Å². The lowest BCUT2D eigenvalue weighted by atomic mass is 10.0. The second kappa shape index (κ2) is 5.72. The summed E-state index contributed by atoms with van der Waals surface area (Å²) < 4.78 is 18.7. The van der Waals surface area contributed by atoms with Crippen LogP contribution in [0.1, 0.15) is 15.9 Å². The molecule has 0 saturated heterocycles. The molecule has 0 unspecified atom stereocenters. The van der Waals surface area contributed by atoms with Gasteiger partial charge in [-0.1, -0.05) is 11.6 Å². The predicted molar refractivity (Wildman–Crippen MR) is 75.5 cm³/mol. The molecule has 0 fully saturated rings. The minimum Gasteiger partial charge on any atom is -0.497 e. The molecule has 0 aliphatic rings. The van der Waals surface area contributed by atoms with Gasteiger partial charge in [-0.3, -0.25) is 4.79 Å². The summed E-state index contributed by atoms with van der Waals surface area (Å²) >= 11 is 9.06. The number of hydrogen-bond donors (Lipinski definition) is 0. The maximum Gasteiger partial charge on any atom is 0.194 e. The molecule has 19 heavy (non-hydrogen) atoms. The third-order valence-electron chi connectivity index (χ3n) is 2.60. The molecular weight excluding hydrogens is 335 g/mol. The van der Waals surface area contributed by atoms with Crippen LogP contribution in [0.25, 0.3) is 0 Å². The summed E-state index contributed by atoms with van der Waals surface area (Å²) in [6.45, 7) is 0. The summed E-state index contributed by atoms with van der Waals surface area (Å²) in [7, 11) is 1.51. The van der Waals surface area contributed by atoms with Crippen LogP contribution in [0.4, 0.5) is 4.39 Å². The molecule has 2 rings (SSSR count). The minimum atomic E-state index is -0.490. The summed E-state index contributed by atoms with van der Waals surface area (Å²) in [6, 6.07) is 8.94. The smallest absolute Gasteiger partial charge is 0.194 e. The molecule has 0 spiro atoms. The first kappa shape index (κ1) is 14.0. The molecule has 0 heterocycles. The molecule has 0 aliphatic carbocycles. The standard InChI is InChI=1S/C14H9BrClFO2/c1-19-9-3-4-10(12(16)7-9)14(18)8-2-5-11(15)13(17)6-8/h2-7H,1H3. The Morgan fingerprint density at radius 1 is 1.26 bits per heavy atom. The Morgan fingerprint density at radius 2 is 2.00 bits per heavy atom. The molecule has 98 valence electrons. The van der Waals surface area contributed by atoms with Crippen LogP contribution in [-0.4, -0.2) is 12.9 Å². The van der Waals surface area contributed by atoms with Crippen LogP contribution in [0.15, 0.2) is 40.9 Å². The Balaban J connectivity index is 2.41. The Kier molecular flexibility index (Phi) is 4.22. The van der Waals surface area contributed by atoms with E-state index in [4.69, 9.17) is 16.3 Å². The highest BCUT2D eigenvalue weighted by Crippen LogP contribution is 2.25. The lowest BCUT2D eigenvalue weighted by Crippen LogP contribution is -2.03. The van der Waals surface area contributed by atoms with Crippen molar-refractivity contribution in [2.45, 2.75) is 0 Å². The van der Waals surface area contributed by atoms with E-state index in [2.05, 4.69) is 15.9 Å². The van der Waals surface area contributed by atoms with Gasteiger partial charge in [-0.05, 0) is 52.3 Å². The number of carbonyl (C=O) groups is 1. The first-order chi connectivity index (χ1) is 9.02. The summed E-state index contributed by atoms with van der Waals surface area (Å²) in [5.74, 6) is -0.266. The van der Waals surface area contributed by atoms with Crippen molar-refractivity contribution < 1.29 is 13.9 Å². The van der Waals surface area contributed by atoms with Gasteiger partial charge < -0.3 is 4.74 Å². The predicted octanol–water partition coefficient (Wildman–Crippen LogP) is 4.48. The van der Waals surface area contributed by atoms with Crippen molar-refractivity contribution in [3.63, 3.8) is 0 Å². The molecule has 2 nitrogen and oxygen atoms in total. The van der Waals surface area contributed by atoms with Crippen molar-refractivity contribution >= 4 is 33.3 Å². The van der Waals surface area contributed by atoms with Crippen molar-refractivity contribution in [3.05, 3.63) is 62.8 Å². The van der Waals surface area contributed by atoms with Crippen molar-refractivity contribution in [2.75, 3.05) is 7.11 Å². The van der Waals surface area contributed by atoms with Gasteiger partial charge in [-0.25, -0.2) is 4.39 Å². The Hall–Kier alpha value is -1.39. The van der Waals surface area contributed by atoms with Crippen molar-refractivity contribution in [1.29, 1.82) is 0 Å². The summed E-state index contributed by atoms with van der Waals surface area (Å²) in [5.41, 5.74) is 0.553. The molecule has 0 saturated carbocycles. The lowest BCUT2D eigenvalue weighted by Gasteiger charge is -2.06. The quantitative estimate of drug-likeness (QED) is 0.768. The molecule has 0 radical (unpaired) electrons. The zero-order valence-corrected chi connectivity index (χ0v) is 12.3. The van der Waals surface area contributed by atoms with Gasteiger partial charge in [-0.15, -0.1) is 0 Å². The van der Waals surface area contributed by atoms with E-state index in [1.807, 2.05) is 0 Å². The number of carbonyl (C=O) groups excluding carboxylic acids is 1. The first-order valence-corrected chi connectivity index (χ1v) is 6.53. The highest BCUT2D eigenvalue weighted by atomic mass is 79.9. The van der Waals surface area contributed by atoms with Crippen LogP contribution in [0.5, 0.6) is 5.75 Å². The fourth-order valence-corrected chi connectivity index (χ4v) is 2.10. The molecule has 0 amide bonds. The second-order valence-electron chi connectivity index (χ2n) is 3.80. The fourth-order valence-electron chi connectivity index (χ4n) is 1.60. The largest absolute Gasteiger partial charge is 0.497 e. The van der Waals surface area contributed by atoms with E-state index in [9.17, 15) is 9.18 Å². The average molecular weight is 344 g/mol. The highest BCUT2D eigenvalue weighted by molar-refractivity contribution is 9.10. The molecule has 2 aromatic carbocycles. The van der Waals surface area contributed by atoms with Gasteiger partial charge in [0.1, 0.15) is 11.6 Å². The van der Waals surface area contributed by atoms with E-state index in [-0.39, 0.29) is 16.4 Å². The van der Waals surface area contributed by atoms with Gasteiger partial charge in [-0.2, -0.15) is 0 Å². The van der Waals surface area contributed by atoms with Crippen molar-refractivity contribution in [1.82, 2.24) is 0 Å². The Morgan fingerprint density at radius 3 is 2.58 bits per heavy atom. The van der Waals surface area contributed by atoms with Crippen molar-refractivity contribution in [3.8, 4) is 5.75 Å². The number of halogens is 3. The van der Waals surface area contributed by atoms with E-state index in [1.165, 1.54) is 25.3 Å². The Labute approximate surface area is 123 Å². The molecule has 0 aromatic heterocycles. The number of ketones is 1. The maximum absolute atomic E-state index is 13.4. The number of rotatable bonds is 3. The van der Waals surface area contributed by atoms with Gasteiger partial charge >= 0.3 is 0 Å². The zero-order chi connectivity index (χ0) is 14.0. The second-order valence-corrected chi connectivity index (χ2v) is 5.07. The van der Waals surface area contributed by atoms with Crippen LogP contribution in [0.2, 0.25) is 5.02 Å². The third kappa shape index (κ3) is 2.96. The monoisotopic (exact) mass is 342 g/mol. The third-order valence-corrected chi connectivity index (χ3v) is 3.56. The van der Waals surface area contributed by atoms with E-state index in [1.54, 1.807) is 18.2 Å². The van der Waals surface area contributed by atoms with E-state index < -0.39 is 5.82 Å². The average Bonchev–Trinajstić information content (AvgIpc) is 2.41. The number of ether oxygens (including phenoxy) is 1. The molecule has 0 N–H and O–H groups in total. The number of benzene rings is 2. The minimum absolute atomic E-state index is 0.243. The maximum atomic E-state index is 13.4. The van der Waals surface area contributed by atoms with E-state index in [0.717, 1.165) is 0 Å². The van der Waals surface area contributed by atoms with Crippen LogP contribution in [-0.2, 0) is 0 Å². The number of methoxy groups -OCH3 is 1. The normalized spacial score (nSPS) is 10.3. The van der Waals surface area contributed by atoms with E-state index >= 15 is 0 Å². The topological polar surface area (TPSA) is 26.3 Å². The highest BCUT2D eigenvalue weighted by Gasteiger charge is 2.15.